The minimum atomic E-state index is -0.603. The van der Waals surface area contributed by atoms with E-state index in [1.54, 1.807) is 43.3 Å². The van der Waals surface area contributed by atoms with Gasteiger partial charge in [-0.15, -0.1) is 0 Å². The van der Waals surface area contributed by atoms with E-state index in [0.29, 0.717) is 5.95 Å². The molecule has 2 aromatic rings. The van der Waals surface area contributed by atoms with Gasteiger partial charge in [-0.1, -0.05) is 12.1 Å². The molecule has 104 valence electrons. The molecule has 0 aliphatic heterocycles. The summed E-state index contributed by atoms with van der Waals surface area (Å²) in [4.78, 5) is 24.8. The number of anilines is 1. The number of hydrogen-bond donors (Lipinski definition) is 1. The van der Waals surface area contributed by atoms with Gasteiger partial charge in [0, 0.05) is 14.1 Å². The average Bonchev–Trinajstić information content (AvgIpc) is 2.38. The van der Waals surface area contributed by atoms with Crippen molar-refractivity contribution >= 4 is 23.5 Å². The van der Waals surface area contributed by atoms with Crippen molar-refractivity contribution in [2.24, 2.45) is 5.73 Å². The normalized spacial score (nSPS) is 10.2. The van der Waals surface area contributed by atoms with E-state index in [0.717, 1.165) is 0 Å². The number of ether oxygens (including phenoxy) is 1. The summed E-state index contributed by atoms with van der Waals surface area (Å²) in [6, 6.07) is 6.51. The van der Waals surface area contributed by atoms with Crippen molar-refractivity contribution in [2.45, 2.75) is 0 Å². The third kappa shape index (κ3) is 3.12. The Kier molecular flexibility index (Phi) is 3.99. The van der Waals surface area contributed by atoms with E-state index in [-0.39, 0.29) is 22.6 Å². The molecule has 0 saturated heterocycles. The van der Waals surface area contributed by atoms with Gasteiger partial charge in [0.25, 0.3) is 5.91 Å². The van der Waals surface area contributed by atoms with Gasteiger partial charge < -0.3 is 15.4 Å². The molecule has 0 radical (unpaired) electrons. The van der Waals surface area contributed by atoms with Crippen LogP contribution in [0.15, 0.2) is 24.3 Å². The monoisotopic (exact) mass is 293 g/mol. The number of rotatable bonds is 4. The van der Waals surface area contributed by atoms with Gasteiger partial charge in [-0.3, -0.25) is 4.79 Å². The van der Waals surface area contributed by atoms with Crippen molar-refractivity contribution in [1.29, 1.82) is 0 Å². The molecule has 7 nitrogen and oxygen atoms in total. The summed E-state index contributed by atoms with van der Waals surface area (Å²) in [5.74, 6) is -0.00267. The lowest BCUT2D eigenvalue weighted by Gasteiger charge is -2.12. The summed E-state index contributed by atoms with van der Waals surface area (Å²) < 4.78 is 5.47. The van der Waals surface area contributed by atoms with Gasteiger partial charge >= 0.3 is 6.01 Å². The molecule has 0 aliphatic rings. The van der Waals surface area contributed by atoms with Gasteiger partial charge in [-0.2, -0.15) is 15.0 Å². The SMILES string of the molecule is CN(C)c1nc(Cl)nc(Oc2ccccc2C(N)=O)n1. The highest BCUT2D eigenvalue weighted by molar-refractivity contribution is 6.28. The molecule has 0 saturated carbocycles. The third-order valence-electron chi connectivity index (χ3n) is 2.33. The van der Waals surface area contributed by atoms with Crippen LogP contribution in [0.25, 0.3) is 0 Å². The van der Waals surface area contributed by atoms with Crippen molar-refractivity contribution in [1.82, 2.24) is 15.0 Å². The predicted octanol–water partition coefficient (Wildman–Crippen LogP) is 1.48. The number of aromatic nitrogens is 3. The zero-order chi connectivity index (χ0) is 14.7. The van der Waals surface area contributed by atoms with E-state index in [4.69, 9.17) is 22.1 Å². The quantitative estimate of drug-likeness (QED) is 0.917. The number of benzene rings is 1. The van der Waals surface area contributed by atoms with Crippen molar-refractivity contribution in [3.05, 3.63) is 35.1 Å². The first-order chi connectivity index (χ1) is 9.47. The summed E-state index contributed by atoms with van der Waals surface area (Å²) >= 11 is 5.80. The summed E-state index contributed by atoms with van der Waals surface area (Å²) in [5, 5.41) is -0.00439. The molecule has 1 aromatic heterocycles. The summed E-state index contributed by atoms with van der Waals surface area (Å²) in [6.45, 7) is 0. The molecular weight excluding hydrogens is 282 g/mol. The molecule has 20 heavy (non-hydrogen) atoms. The highest BCUT2D eigenvalue weighted by atomic mass is 35.5. The van der Waals surface area contributed by atoms with Gasteiger partial charge in [-0.25, -0.2) is 0 Å². The van der Waals surface area contributed by atoms with Crippen LogP contribution >= 0.6 is 11.6 Å². The molecule has 0 bridgehead atoms. The fraction of sp³-hybridized carbons (Fsp3) is 0.167. The predicted molar refractivity (Wildman–Crippen MR) is 74.2 cm³/mol. The molecule has 2 rings (SSSR count). The lowest BCUT2D eigenvalue weighted by molar-refractivity contribution is 0.0998. The maximum absolute atomic E-state index is 11.3. The lowest BCUT2D eigenvalue weighted by Crippen LogP contribution is -2.15. The van der Waals surface area contributed by atoms with Crippen LogP contribution in [0, 0.1) is 0 Å². The van der Waals surface area contributed by atoms with Crippen LogP contribution in [0.4, 0.5) is 5.95 Å². The number of nitrogens with two attached hydrogens (primary N) is 1. The topological polar surface area (TPSA) is 94.2 Å². The zero-order valence-corrected chi connectivity index (χ0v) is 11.6. The van der Waals surface area contributed by atoms with E-state index in [2.05, 4.69) is 15.0 Å². The van der Waals surface area contributed by atoms with E-state index < -0.39 is 5.91 Å². The first kappa shape index (κ1) is 14.0. The number of nitrogens with zero attached hydrogens (tertiary/aromatic N) is 4. The zero-order valence-electron chi connectivity index (χ0n) is 10.9. The van der Waals surface area contributed by atoms with Gasteiger partial charge in [0.1, 0.15) is 5.75 Å². The fourth-order valence-electron chi connectivity index (χ4n) is 1.43. The van der Waals surface area contributed by atoms with Crippen molar-refractivity contribution < 1.29 is 9.53 Å². The van der Waals surface area contributed by atoms with Crippen LogP contribution < -0.4 is 15.4 Å². The molecule has 0 fully saturated rings. The second-order valence-corrected chi connectivity index (χ2v) is 4.38. The van der Waals surface area contributed by atoms with Gasteiger partial charge in [0.05, 0.1) is 5.56 Å². The van der Waals surface area contributed by atoms with Gasteiger partial charge in [-0.05, 0) is 23.7 Å². The Morgan fingerprint density at radius 3 is 2.60 bits per heavy atom. The van der Waals surface area contributed by atoms with E-state index in [1.165, 1.54) is 0 Å². The number of primary amides is 1. The van der Waals surface area contributed by atoms with Crippen LogP contribution in [0.5, 0.6) is 11.8 Å². The number of carbonyl (C=O) groups is 1. The molecule has 0 spiro atoms. The fourth-order valence-corrected chi connectivity index (χ4v) is 1.57. The molecule has 8 heteroatoms. The number of halogens is 1. The van der Waals surface area contributed by atoms with E-state index in [9.17, 15) is 4.79 Å². The molecule has 0 aliphatic carbocycles. The molecular formula is C12H12ClN5O2. The Bertz CT molecular complexity index is 647. The Balaban J connectivity index is 2.38. The Hall–Kier alpha value is -2.41. The van der Waals surface area contributed by atoms with Crippen molar-refractivity contribution in [2.75, 3.05) is 19.0 Å². The number of para-hydroxylation sites is 1. The molecule has 2 N–H and O–H groups in total. The Labute approximate surface area is 120 Å². The maximum Gasteiger partial charge on any atom is 0.328 e. The van der Waals surface area contributed by atoms with Crippen LogP contribution in [-0.4, -0.2) is 35.0 Å². The van der Waals surface area contributed by atoms with E-state index in [1.807, 2.05) is 0 Å². The second kappa shape index (κ2) is 5.70. The highest BCUT2D eigenvalue weighted by Gasteiger charge is 2.13. The average molecular weight is 294 g/mol. The summed E-state index contributed by atoms with van der Waals surface area (Å²) in [7, 11) is 3.51. The number of amides is 1. The van der Waals surface area contributed by atoms with E-state index >= 15 is 0 Å². The molecule has 0 unspecified atom stereocenters. The largest absolute Gasteiger partial charge is 0.423 e. The van der Waals surface area contributed by atoms with Crippen LogP contribution in [0.3, 0.4) is 0 Å². The lowest BCUT2D eigenvalue weighted by atomic mass is 10.2. The number of hydrogen-bond acceptors (Lipinski definition) is 6. The van der Waals surface area contributed by atoms with Gasteiger partial charge in [0.15, 0.2) is 0 Å². The standard InChI is InChI=1S/C12H12ClN5O2/c1-18(2)11-15-10(13)16-12(17-11)20-8-6-4-3-5-7(8)9(14)19/h3-6H,1-2H3,(H2,14,19). The Morgan fingerprint density at radius 2 is 1.95 bits per heavy atom. The molecule has 0 atom stereocenters. The van der Waals surface area contributed by atoms with Crippen molar-refractivity contribution in [3.8, 4) is 11.8 Å². The second-order valence-electron chi connectivity index (χ2n) is 4.04. The minimum Gasteiger partial charge on any atom is -0.423 e. The third-order valence-corrected chi connectivity index (χ3v) is 2.50. The first-order valence-corrected chi connectivity index (χ1v) is 6.01. The maximum atomic E-state index is 11.3. The van der Waals surface area contributed by atoms with Crippen LogP contribution in [0.1, 0.15) is 10.4 Å². The van der Waals surface area contributed by atoms with Crippen LogP contribution in [-0.2, 0) is 0 Å². The van der Waals surface area contributed by atoms with Crippen LogP contribution in [0.2, 0.25) is 5.28 Å². The summed E-state index contributed by atoms with van der Waals surface area (Å²) in [5.41, 5.74) is 5.50. The summed E-state index contributed by atoms with van der Waals surface area (Å²) in [6.07, 6.45) is 0. The van der Waals surface area contributed by atoms with Crippen molar-refractivity contribution in [3.63, 3.8) is 0 Å². The Morgan fingerprint density at radius 1 is 1.25 bits per heavy atom. The number of carbonyl (C=O) groups excluding carboxylic acids is 1. The molecule has 1 aromatic carbocycles. The molecule has 1 heterocycles. The minimum absolute atomic E-state index is 0.00439. The smallest absolute Gasteiger partial charge is 0.328 e. The van der Waals surface area contributed by atoms with Gasteiger partial charge in [0.2, 0.25) is 11.2 Å². The first-order valence-electron chi connectivity index (χ1n) is 5.63. The molecule has 1 amide bonds. The highest BCUT2D eigenvalue weighted by Crippen LogP contribution is 2.24.